The lowest BCUT2D eigenvalue weighted by molar-refractivity contribution is -0.557. The molecule has 316 valence electrons. The fourth-order valence-corrected chi connectivity index (χ4v) is 12.0. The summed E-state index contributed by atoms with van der Waals surface area (Å²) in [6, 6.07) is 7.47. The summed E-state index contributed by atoms with van der Waals surface area (Å²) < 4.78 is 145. The summed E-state index contributed by atoms with van der Waals surface area (Å²) in [5, 5.41) is 0. The zero-order valence-corrected chi connectivity index (χ0v) is 32.6. The number of para-hydroxylation sites is 1. The van der Waals surface area contributed by atoms with Crippen molar-refractivity contribution in [1.82, 2.24) is 0 Å². The molecule has 0 radical (unpaired) electrons. The van der Waals surface area contributed by atoms with Gasteiger partial charge in [-0.1, -0.05) is 32.0 Å². The molecule has 13 atom stereocenters. The van der Waals surface area contributed by atoms with Crippen molar-refractivity contribution >= 4 is 7.82 Å². The third-order valence-corrected chi connectivity index (χ3v) is 14.9. The molecular weight excluding hydrogens is 793 g/mol. The Morgan fingerprint density at radius 1 is 0.667 bits per heavy atom. The van der Waals surface area contributed by atoms with Crippen LogP contribution in [0.5, 0.6) is 5.75 Å². The molecular formula is C38H45F6O12P. The van der Waals surface area contributed by atoms with Gasteiger partial charge in [-0.3, -0.25) is 9.05 Å². The van der Waals surface area contributed by atoms with E-state index in [0.29, 0.717) is 38.5 Å². The lowest BCUT2D eigenvalue weighted by atomic mass is 9.59. The van der Waals surface area contributed by atoms with Crippen LogP contribution in [0.25, 0.3) is 0 Å². The number of ether oxygens (including phenoxy) is 4. The molecule has 1 aromatic rings. The molecule has 2 spiro atoms. The van der Waals surface area contributed by atoms with Crippen molar-refractivity contribution < 1.29 is 83.0 Å². The Balaban J connectivity index is 1.08. The molecule has 6 saturated heterocycles. The Kier molecular flexibility index (Phi) is 9.51. The molecule has 12 nitrogen and oxygen atoms in total. The number of phosphoric acid groups is 1. The molecule has 0 N–H and O–H groups in total. The standard InChI is InChI=1S/C38H45F6O12P/c1-20-10-12-27-23(29(37(39,40)41)48-31-35(27)25(20)14-16-33(3,50-31)53-55-35)18-46-57(45,52-22-8-6-5-7-9-22)47-19-24-28-13-11-21(2)26-15-17-34(4)51-32(36(26,28)56-54-34)49-30(24)38(42,43)44/h5-9,20-21,25-28,31-32H,10-19H2,1-4H3/t20-,21-,25?,26?,27+,28+,31-,32-,33-,34+,35-,36-,57?/m1/s1. The van der Waals surface area contributed by atoms with Crippen molar-refractivity contribution in [1.29, 1.82) is 0 Å². The second-order valence-corrected chi connectivity index (χ2v) is 18.6. The Bertz CT molecular complexity index is 1750. The van der Waals surface area contributed by atoms with Crippen LogP contribution in [0, 0.1) is 35.5 Å². The van der Waals surface area contributed by atoms with Gasteiger partial charge in [0.1, 0.15) is 5.75 Å². The van der Waals surface area contributed by atoms with Gasteiger partial charge in [-0.25, -0.2) is 24.1 Å². The lowest BCUT2D eigenvalue weighted by Gasteiger charge is -2.57. The van der Waals surface area contributed by atoms with E-state index in [1.807, 2.05) is 13.8 Å². The number of alkyl halides is 6. The Morgan fingerprint density at radius 3 is 1.53 bits per heavy atom. The summed E-state index contributed by atoms with van der Waals surface area (Å²) in [7, 11) is -5.10. The largest absolute Gasteiger partial charge is 0.530 e. The van der Waals surface area contributed by atoms with Crippen LogP contribution in [0.2, 0.25) is 0 Å². The Hall–Kier alpha value is -2.41. The van der Waals surface area contributed by atoms with Gasteiger partial charge in [0.25, 0.3) is 0 Å². The number of fused-ring (bicyclic) bond motifs is 4. The van der Waals surface area contributed by atoms with E-state index < -0.39 is 103 Å². The maximum absolute atomic E-state index is 15.0. The highest BCUT2D eigenvalue weighted by atomic mass is 31.2. The molecule has 10 aliphatic rings. The van der Waals surface area contributed by atoms with E-state index >= 15 is 0 Å². The van der Waals surface area contributed by atoms with E-state index in [1.54, 1.807) is 19.9 Å². The fourth-order valence-electron chi connectivity index (χ4n) is 10.8. The molecule has 0 amide bonds. The third-order valence-electron chi connectivity index (χ3n) is 13.5. The molecule has 0 aromatic heterocycles. The van der Waals surface area contributed by atoms with Gasteiger partial charge in [-0.05, 0) is 76.3 Å². The summed E-state index contributed by atoms with van der Waals surface area (Å²) >= 11 is 0. The van der Waals surface area contributed by atoms with E-state index in [9.17, 15) is 30.9 Å². The summed E-state index contributed by atoms with van der Waals surface area (Å²) in [5.74, 6) is -8.40. The molecule has 11 rings (SSSR count). The molecule has 2 aliphatic carbocycles. The zero-order chi connectivity index (χ0) is 40.4. The van der Waals surface area contributed by atoms with Crippen LogP contribution < -0.4 is 4.52 Å². The van der Waals surface area contributed by atoms with Crippen molar-refractivity contribution in [2.45, 2.75) is 127 Å². The minimum absolute atomic E-state index is 0.00754. The van der Waals surface area contributed by atoms with E-state index in [0.717, 1.165) is 0 Å². The minimum Gasteiger partial charge on any atom is -0.456 e. The van der Waals surface area contributed by atoms with Crippen LogP contribution in [-0.4, -0.2) is 60.9 Å². The van der Waals surface area contributed by atoms with Crippen LogP contribution >= 0.6 is 7.82 Å². The molecule has 57 heavy (non-hydrogen) atoms. The van der Waals surface area contributed by atoms with Crippen molar-refractivity contribution in [3.8, 4) is 5.75 Å². The van der Waals surface area contributed by atoms with Gasteiger partial charge < -0.3 is 23.5 Å². The zero-order valence-electron chi connectivity index (χ0n) is 31.7. The molecule has 8 fully saturated rings. The number of hydrogen-bond acceptors (Lipinski definition) is 12. The first-order valence-electron chi connectivity index (χ1n) is 19.5. The average Bonchev–Trinajstić information content (AvgIpc) is 3.52. The van der Waals surface area contributed by atoms with E-state index in [2.05, 4.69) is 0 Å². The van der Waals surface area contributed by atoms with Crippen molar-refractivity contribution in [3.05, 3.63) is 53.0 Å². The van der Waals surface area contributed by atoms with Crippen LogP contribution in [0.3, 0.4) is 0 Å². The van der Waals surface area contributed by atoms with Crippen molar-refractivity contribution in [2.75, 3.05) is 13.2 Å². The van der Waals surface area contributed by atoms with Crippen LogP contribution in [0.4, 0.5) is 26.3 Å². The van der Waals surface area contributed by atoms with Gasteiger partial charge in [0.05, 0.1) is 13.2 Å². The molecule has 8 aliphatic heterocycles. The smallest absolute Gasteiger partial charge is 0.456 e. The highest BCUT2D eigenvalue weighted by Gasteiger charge is 2.72. The van der Waals surface area contributed by atoms with Gasteiger partial charge in [0.2, 0.25) is 35.7 Å². The maximum atomic E-state index is 15.0. The van der Waals surface area contributed by atoms with Gasteiger partial charge in [0.15, 0.2) is 11.2 Å². The fraction of sp³-hybridized carbons (Fsp3) is 0.737. The van der Waals surface area contributed by atoms with Gasteiger partial charge >= 0.3 is 20.2 Å². The molecule has 8 heterocycles. The molecule has 2 saturated carbocycles. The topological polar surface area (TPSA) is 119 Å². The number of hydrogen-bond donors (Lipinski definition) is 0. The first-order valence-corrected chi connectivity index (χ1v) is 20.9. The van der Waals surface area contributed by atoms with E-state index in [1.165, 1.54) is 24.3 Å². The SMILES string of the molecule is C[C@@H]1CC[C@H]2C(COP(=O)(OCC3=C(C(F)(F)F)O[C@@H]4O[C@]5(C)CCC6[C@H](C)CC[C@@H]3[C@]64OO5)Oc3ccccc3)=C(C(F)(F)F)O[C@@H]3O[C@@]4(C)CCC1[C@]32OO4. The van der Waals surface area contributed by atoms with Crippen LogP contribution in [-0.2, 0) is 52.1 Å². The number of benzene rings is 1. The first kappa shape index (κ1) is 40.0. The monoisotopic (exact) mass is 838 g/mol. The average molecular weight is 839 g/mol. The van der Waals surface area contributed by atoms with Crippen molar-refractivity contribution in [2.24, 2.45) is 35.5 Å². The second kappa shape index (κ2) is 13.5. The first-order chi connectivity index (χ1) is 26.8. The second-order valence-electron chi connectivity index (χ2n) is 17.1. The minimum atomic E-state index is -5.10. The number of halogens is 6. The van der Waals surface area contributed by atoms with Gasteiger partial charge in [-0.15, -0.1) is 0 Å². The van der Waals surface area contributed by atoms with Crippen molar-refractivity contribution in [3.63, 3.8) is 0 Å². The van der Waals surface area contributed by atoms with Crippen LogP contribution in [0.15, 0.2) is 53.0 Å². The summed E-state index contributed by atoms with van der Waals surface area (Å²) in [6.07, 6.45) is -10.0. The molecule has 19 heteroatoms. The lowest BCUT2D eigenvalue weighted by Crippen LogP contribution is -2.67. The normalized spacial score (nSPS) is 43.5. The van der Waals surface area contributed by atoms with Gasteiger partial charge in [0, 0.05) is 47.7 Å². The number of rotatable bonds is 8. The summed E-state index contributed by atoms with van der Waals surface area (Å²) in [6.45, 7) is 5.07. The summed E-state index contributed by atoms with van der Waals surface area (Å²) in [5.41, 5.74) is -3.91. The Labute approximate surface area is 324 Å². The Morgan fingerprint density at radius 2 is 1.11 bits per heavy atom. The van der Waals surface area contributed by atoms with E-state index in [4.69, 9.17) is 52.1 Å². The van der Waals surface area contributed by atoms with Gasteiger partial charge in [-0.2, -0.15) is 26.3 Å². The molecule has 1 aromatic carbocycles. The number of phosphoric ester groups is 1. The third kappa shape index (κ3) is 6.46. The molecule has 3 unspecified atom stereocenters. The highest BCUT2D eigenvalue weighted by Crippen LogP contribution is 2.64. The van der Waals surface area contributed by atoms with E-state index in [-0.39, 0.29) is 42.3 Å². The predicted octanol–water partition coefficient (Wildman–Crippen LogP) is 9.33. The quantitative estimate of drug-likeness (QED) is 0.141. The number of allylic oxidation sites excluding steroid dienone is 2. The van der Waals surface area contributed by atoms with Crippen LogP contribution in [0.1, 0.15) is 79.1 Å². The summed E-state index contributed by atoms with van der Waals surface area (Å²) in [4.78, 5) is 23.5. The molecule has 4 bridgehead atoms. The predicted molar refractivity (Wildman–Crippen MR) is 180 cm³/mol. The maximum Gasteiger partial charge on any atom is 0.530 e. The highest BCUT2D eigenvalue weighted by molar-refractivity contribution is 7.48.